The lowest BCUT2D eigenvalue weighted by Crippen LogP contribution is -1.96. The van der Waals surface area contributed by atoms with Crippen molar-refractivity contribution in [3.05, 3.63) is 22.3 Å². The second kappa shape index (κ2) is 4.13. The van der Waals surface area contributed by atoms with Gasteiger partial charge in [-0.2, -0.15) is 0 Å². The Morgan fingerprint density at radius 1 is 1.67 bits per heavy atom. The molecule has 12 heavy (non-hydrogen) atoms. The molecule has 1 aromatic rings. The Morgan fingerprint density at radius 2 is 2.42 bits per heavy atom. The highest BCUT2D eigenvalue weighted by Gasteiger charge is 1.98. The number of ether oxygens (including phenoxy) is 1. The van der Waals surface area contributed by atoms with Crippen molar-refractivity contribution in [2.45, 2.75) is 6.92 Å². The molecule has 0 saturated carbocycles. The first kappa shape index (κ1) is 9.08. The molecule has 1 aromatic heterocycles. The van der Waals surface area contributed by atoms with E-state index in [4.69, 9.17) is 11.2 Å². The normalized spacial score (nSPS) is 9.08. The number of aryl methyl sites for hydroxylation is 1. The summed E-state index contributed by atoms with van der Waals surface area (Å²) < 4.78 is 6.09. The van der Waals surface area contributed by atoms with E-state index in [9.17, 15) is 0 Å². The van der Waals surface area contributed by atoms with Crippen LogP contribution in [0.3, 0.4) is 0 Å². The minimum atomic E-state index is 0.258. The Morgan fingerprint density at radius 3 is 3.00 bits per heavy atom. The molecule has 2 nitrogen and oxygen atoms in total. The summed E-state index contributed by atoms with van der Waals surface area (Å²) >= 11 is 3.34. The van der Waals surface area contributed by atoms with Crippen LogP contribution in [0.15, 0.2) is 16.6 Å². The van der Waals surface area contributed by atoms with Gasteiger partial charge in [-0.05, 0) is 28.9 Å². The molecule has 0 atom stereocenters. The third kappa shape index (κ3) is 2.24. The molecule has 0 fully saturated rings. The Bertz CT molecular complexity index is 317. The van der Waals surface area contributed by atoms with E-state index in [0.29, 0.717) is 5.88 Å². The lowest BCUT2D eigenvalue weighted by molar-refractivity contribution is 0.354. The Balaban J connectivity index is 2.77. The van der Waals surface area contributed by atoms with Crippen LogP contribution in [0.2, 0.25) is 0 Å². The van der Waals surface area contributed by atoms with E-state index in [2.05, 4.69) is 26.8 Å². The molecule has 0 unspecified atom stereocenters. The highest BCUT2D eigenvalue weighted by molar-refractivity contribution is 9.10. The third-order valence-electron chi connectivity index (χ3n) is 1.30. The highest BCUT2D eigenvalue weighted by atomic mass is 79.9. The summed E-state index contributed by atoms with van der Waals surface area (Å²) in [4.78, 5) is 4.15. The van der Waals surface area contributed by atoms with Gasteiger partial charge in [0.05, 0.1) is 5.69 Å². The van der Waals surface area contributed by atoms with Gasteiger partial charge in [0.15, 0.2) is 6.61 Å². The number of nitrogens with zero attached hydrogens (tertiary/aromatic N) is 1. The maximum atomic E-state index is 5.12. The van der Waals surface area contributed by atoms with Crippen LogP contribution in [0, 0.1) is 19.3 Å². The molecular weight excluding hydrogens is 218 g/mol. The lowest BCUT2D eigenvalue weighted by atomic mass is 10.4. The summed E-state index contributed by atoms with van der Waals surface area (Å²) in [5, 5.41) is 0. The van der Waals surface area contributed by atoms with Crippen molar-refractivity contribution < 1.29 is 4.74 Å². The van der Waals surface area contributed by atoms with Crippen LogP contribution in [0.4, 0.5) is 0 Å². The lowest BCUT2D eigenvalue weighted by Gasteiger charge is -2.02. The van der Waals surface area contributed by atoms with Gasteiger partial charge in [0.1, 0.15) is 0 Å². The second-order valence-electron chi connectivity index (χ2n) is 2.21. The zero-order valence-electron chi connectivity index (χ0n) is 6.67. The van der Waals surface area contributed by atoms with Crippen LogP contribution in [0.5, 0.6) is 5.88 Å². The molecule has 0 N–H and O–H groups in total. The molecule has 0 radical (unpaired) electrons. The Kier molecular flexibility index (Phi) is 3.12. The van der Waals surface area contributed by atoms with E-state index in [-0.39, 0.29) is 6.61 Å². The molecule has 62 valence electrons. The van der Waals surface area contributed by atoms with E-state index < -0.39 is 0 Å². The van der Waals surface area contributed by atoms with Crippen LogP contribution in [-0.2, 0) is 0 Å². The first-order valence-corrected chi connectivity index (χ1v) is 4.22. The van der Waals surface area contributed by atoms with E-state index in [0.717, 1.165) is 10.2 Å². The molecule has 1 rings (SSSR count). The number of terminal acetylenes is 1. The molecule has 3 heteroatoms. The zero-order chi connectivity index (χ0) is 8.97. The van der Waals surface area contributed by atoms with Crippen molar-refractivity contribution in [1.82, 2.24) is 4.98 Å². The SMILES string of the molecule is C#CCOc1ccc(Br)c(C)n1. The van der Waals surface area contributed by atoms with E-state index in [1.54, 1.807) is 6.07 Å². The number of halogens is 1. The topological polar surface area (TPSA) is 22.1 Å². The summed E-state index contributed by atoms with van der Waals surface area (Å²) in [6.07, 6.45) is 5.03. The summed E-state index contributed by atoms with van der Waals surface area (Å²) in [6.45, 7) is 2.15. The van der Waals surface area contributed by atoms with Gasteiger partial charge in [0, 0.05) is 10.5 Å². The van der Waals surface area contributed by atoms with Gasteiger partial charge in [0.25, 0.3) is 0 Å². The summed E-state index contributed by atoms with van der Waals surface area (Å²) in [5.41, 5.74) is 0.893. The van der Waals surface area contributed by atoms with Crippen LogP contribution in [-0.4, -0.2) is 11.6 Å². The third-order valence-corrected chi connectivity index (χ3v) is 2.14. The predicted molar refractivity (Wildman–Crippen MR) is 51.0 cm³/mol. The smallest absolute Gasteiger partial charge is 0.214 e. The molecular formula is C9H8BrNO. The number of hydrogen-bond donors (Lipinski definition) is 0. The molecule has 0 saturated heterocycles. The number of rotatable bonds is 2. The van der Waals surface area contributed by atoms with Gasteiger partial charge in [-0.15, -0.1) is 6.42 Å². The molecule has 1 heterocycles. The van der Waals surface area contributed by atoms with E-state index >= 15 is 0 Å². The van der Waals surface area contributed by atoms with Gasteiger partial charge in [-0.3, -0.25) is 0 Å². The van der Waals surface area contributed by atoms with Crippen molar-refractivity contribution in [2.24, 2.45) is 0 Å². The van der Waals surface area contributed by atoms with Crippen LogP contribution < -0.4 is 4.74 Å². The molecule has 0 aromatic carbocycles. The van der Waals surface area contributed by atoms with Crippen molar-refractivity contribution in [3.8, 4) is 18.2 Å². The molecule has 0 aliphatic heterocycles. The van der Waals surface area contributed by atoms with Gasteiger partial charge in [-0.1, -0.05) is 5.92 Å². The van der Waals surface area contributed by atoms with Crippen molar-refractivity contribution in [1.29, 1.82) is 0 Å². The predicted octanol–water partition coefficient (Wildman–Crippen LogP) is 2.16. The second-order valence-corrected chi connectivity index (χ2v) is 3.06. The molecule has 0 spiro atoms. The van der Waals surface area contributed by atoms with E-state index in [1.807, 2.05) is 13.0 Å². The minimum Gasteiger partial charge on any atom is -0.464 e. The standard InChI is InChI=1S/C9H8BrNO/c1-3-6-12-9-5-4-8(10)7(2)11-9/h1,4-5H,6H2,2H3. The minimum absolute atomic E-state index is 0.258. The molecule has 0 bridgehead atoms. The fourth-order valence-electron chi connectivity index (χ4n) is 0.717. The quantitative estimate of drug-likeness (QED) is 0.721. The fourth-order valence-corrected chi connectivity index (χ4v) is 0.938. The van der Waals surface area contributed by atoms with Gasteiger partial charge in [0.2, 0.25) is 5.88 Å². The monoisotopic (exact) mass is 225 g/mol. The van der Waals surface area contributed by atoms with Crippen molar-refractivity contribution >= 4 is 15.9 Å². The van der Waals surface area contributed by atoms with Gasteiger partial charge >= 0.3 is 0 Å². The maximum absolute atomic E-state index is 5.12. The first-order chi connectivity index (χ1) is 5.74. The number of pyridine rings is 1. The van der Waals surface area contributed by atoms with Crippen molar-refractivity contribution in [2.75, 3.05) is 6.61 Å². The average Bonchev–Trinajstić information content (AvgIpc) is 2.07. The Hall–Kier alpha value is -1.01. The first-order valence-electron chi connectivity index (χ1n) is 3.43. The summed E-state index contributed by atoms with van der Waals surface area (Å²) in [6, 6.07) is 3.66. The highest BCUT2D eigenvalue weighted by Crippen LogP contribution is 2.17. The summed E-state index contributed by atoms with van der Waals surface area (Å²) in [7, 11) is 0. The van der Waals surface area contributed by atoms with Crippen LogP contribution >= 0.6 is 15.9 Å². The largest absolute Gasteiger partial charge is 0.464 e. The van der Waals surface area contributed by atoms with Gasteiger partial charge in [-0.25, -0.2) is 4.98 Å². The number of hydrogen-bond acceptors (Lipinski definition) is 2. The van der Waals surface area contributed by atoms with Crippen LogP contribution in [0.1, 0.15) is 5.69 Å². The molecule has 0 aliphatic carbocycles. The number of aromatic nitrogens is 1. The molecule has 0 aliphatic rings. The average molecular weight is 226 g/mol. The van der Waals surface area contributed by atoms with Crippen molar-refractivity contribution in [3.63, 3.8) is 0 Å². The fraction of sp³-hybridized carbons (Fsp3) is 0.222. The summed E-state index contributed by atoms with van der Waals surface area (Å²) in [5.74, 6) is 2.94. The van der Waals surface area contributed by atoms with Gasteiger partial charge < -0.3 is 4.74 Å². The Labute approximate surface area is 80.1 Å². The zero-order valence-corrected chi connectivity index (χ0v) is 8.26. The molecule has 0 amide bonds. The van der Waals surface area contributed by atoms with E-state index in [1.165, 1.54) is 0 Å². The maximum Gasteiger partial charge on any atom is 0.214 e. The van der Waals surface area contributed by atoms with Crippen LogP contribution in [0.25, 0.3) is 0 Å².